The maximum atomic E-state index is 9.72. The predicted octanol–water partition coefficient (Wildman–Crippen LogP) is 4.12. The largest absolute Gasteiger partial charge is 0.291 e. The van der Waals surface area contributed by atoms with Crippen molar-refractivity contribution < 1.29 is 4.98 Å². The van der Waals surface area contributed by atoms with Crippen molar-refractivity contribution >= 4 is 5.82 Å². The molecule has 1 aromatic rings. The summed E-state index contributed by atoms with van der Waals surface area (Å²) in [7, 11) is 0. The first kappa shape index (κ1) is 15.3. The molecule has 1 saturated carbocycles. The van der Waals surface area contributed by atoms with Gasteiger partial charge in [0.1, 0.15) is 17.3 Å². The van der Waals surface area contributed by atoms with E-state index in [2.05, 4.69) is 30.2 Å². The predicted molar refractivity (Wildman–Crippen MR) is 88.9 cm³/mol. The van der Waals surface area contributed by atoms with Gasteiger partial charge in [-0.05, 0) is 62.5 Å². The average Bonchev–Trinajstić information content (AvgIpc) is 2.55. The third-order valence-electron chi connectivity index (χ3n) is 5.25. The number of nitrogens with zero attached hydrogens (tertiary/aromatic N) is 1. The number of rotatable bonds is 3. The van der Waals surface area contributed by atoms with E-state index in [0.29, 0.717) is 12.0 Å². The topological polar surface area (TPSA) is 50.0 Å². The van der Waals surface area contributed by atoms with Crippen molar-refractivity contribution in [3.05, 3.63) is 22.4 Å². The molecule has 3 heteroatoms. The number of H-pyrrole nitrogens is 1. The molecule has 1 fully saturated rings. The van der Waals surface area contributed by atoms with Crippen LogP contribution in [0.15, 0.2) is 0 Å². The zero-order valence-electron chi connectivity index (χ0n) is 14.0. The minimum absolute atomic E-state index is 0.478. The summed E-state index contributed by atoms with van der Waals surface area (Å²) in [6, 6.07) is 3.01. The van der Waals surface area contributed by atoms with Crippen LogP contribution in [0.4, 0.5) is 5.82 Å². The highest BCUT2D eigenvalue weighted by Gasteiger charge is 2.28. The smallest absolute Gasteiger partial charge is 0.271 e. The molecule has 0 aromatic carbocycles. The molecule has 0 saturated heterocycles. The lowest BCUT2D eigenvalue weighted by Crippen LogP contribution is -2.31. The highest BCUT2D eigenvalue weighted by Crippen LogP contribution is 2.32. The zero-order chi connectivity index (χ0) is 15.5. The Balaban J connectivity index is 2.00. The van der Waals surface area contributed by atoms with E-state index in [1.165, 1.54) is 61.8 Å². The number of hydrogen-bond acceptors (Lipinski definition) is 2. The van der Waals surface area contributed by atoms with Gasteiger partial charge in [-0.25, -0.2) is 4.98 Å². The molecule has 0 amide bonds. The van der Waals surface area contributed by atoms with E-state index >= 15 is 0 Å². The highest BCUT2D eigenvalue weighted by atomic mass is 15.0. The van der Waals surface area contributed by atoms with Gasteiger partial charge in [-0.15, -0.1) is 0 Å². The Kier molecular flexibility index (Phi) is 4.66. The van der Waals surface area contributed by atoms with Crippen LogP contribution in [0, 0.1) is 11.3 Å². The van der Waals surface area contributed by atoms with Crippen LogP contribution in [0.1, 0.15) is 87.1 Å². The molecular formula is C19H28N3+. The van der Waals surface area contributed by atoms with E-state index in [-0.39, 0.29) is 0 Å². The van der Waals surface area contributed by atoms with Crippen LogP contribution in [0.25, 0.3) is 0 Å². The molecule has 0 atom stereocenters. The van der Waals surface area contributed by atoms with Crippen LogP contribution in [-0.2, 0) is 12.8 Å². The summed E-state index contributed by atoms with van der Waals surface area (Å²) >= 11 is 0. The second-order valence-corrected chi connectivity index (χ2v) is 7.20. The van der Waals surface area contributed by atoms with Gasteiger partial charge in [0.05, 0.1) is 6.04 Å². The Hall–Kier alpha value is -1.56. The van der Waals surface area contributed by atoms with Gasteiger partial charge >= 0.3 is 0 Å². The van der Waals surface area contributed by atoms with E-state index in [9.17, 15) is 5.26 Å². The SMILES string of the molecule is CC(C)c1[nH+]c(NC2CCCCC2)c(C#N)c2c1CCCC2. The van der Waals surface area contributed by atoms with Gasteiger partial charge in [0, 0.05) is 5.92 Å². The Morgan fingerprint density at radius 1 is 1.05 bits per heavy atom. The minimum atomic E-state index is 0.478. The zero-order valence-corrected chi connectivity index (χ0v) is 14.0. The average molecular weight is 298 g/mol. The molecule has 0 radical (unpaired) electrons. The summed E-state index contributed by atoms with van der Waals surface area (Å²) in [5, 5.41) is 13.4. The van der Waals surface area contributed by atoms with Gasteiger partial charge in [0.25, 0.3) is 5.82 Å². The highest BCUT2D eigenvalue weighted by molar-refractivity contribution is 5.57. The lowest BCUT2D eigenvalue weighted by molar-refractivity contribution is -0.377. The van der Waals surface area contributed by atoms with E-state index in [0.717, 1.165) is 24.2 Å². The molecule has 3 nitrogen and oxygen atoms in total. The molecule has 22 heavy (non-hydrogen) atoms. The summed E-state index contributed by atoms with van der Waals surface area (Å²) in [6.07, 6.45) is 11.1. The molecule has 0 bridgehead atoms. The van der Waals surface area contributed by atoms with Crippen LogP contribution < -0.4 is 10.3 Å². The number of aromatic nitrogens is 1. The standard InChI is InChI=1S/C19H27N3/c1-13(2)18-16-11-7-6-10-15(16)17(12-20)19(22-18)21-14-8-4-3-5-9-14/h13-14H,3-11H2,1-2H3,(H,21,22)/p+1. The van der Waals surface area contributed by atoms with Gasteiger partial charge < -0.3 is 0 Å². The first-order chi connectivity index (χ1) is 10.7. The molecule has 1 heterocycles. The fourth-order valence-electron chi connectivity index (χ4n) is 4.08. The summed E-state index contributed by atoms with van der Waals surface area (Å²) in [5.41, 5.74) is 4.96. The number of nitriles is 1. The first-order valence-electron chi connectivity index (χ1n) is 8.98. The van der Waals surface area contributed by atoms with E-state index in [4.69, 9.17) is 0 Å². The van der Waals surface area contributed by atoms with E-state index in [1.807, 2.05) is 0 Å². The van der Waals surface area contributed by atoms with Gasteiger partial charge in [0.15, 0.2) is 0 Å². The number of anilines is 1. The summed E-state index contributed by atoms with van der Waals surface area (Å²) in [5.74, 6) is 1.46. The Bertz CT molecular complexity index is 577. The van der Waals surface area contributed by atoms with Crippen molar-refractivity contribution in [3.63, 3.8) is 0 Å². The van der Waals surface area contributed by atoms with Gasteiger partial charge in [0.2, 0.25) is 0 Å². The summed E-state index contributed by atoms with van der Waals surface area (Å²) < 4.78 is 0. The van der Waals surface area contributed by atoms with Gasteiger partial charge in [-0.3, -0.25) is 5.32 Å². The van der Waals surface area contributed by atoms with Gasteiger partial charge in [-0.1, -0.05) is 20.3 Å². The monoisotopic (exact) mass is 298 g/mol. The lowest BCUT2D eigenvalue weighted by atomic mass is 9.85. The molecular weight excluding hydrogens is 270 g/mol. The Morgan fingerprint density at radius 2 is 1.73 bits per heavy atom. The minimum Gasteiger partial charge on any atom is -0.271 e. The van der Waals surface area contributed by atoms with Crippen LogP contribution >= 0.6 is 0 Å². The van der Waals surface area contributed by atoms with Crippen LogP contribution in [0.5, 0.6) is 0 Å². The second kappa shape index (κ2) is 6.69. The number of pyridine rings is 1. The second-order valence-electron chi connectivity index (χ2n) is 7.20. The first-order valence-corrected chi connectivity index (χ1v) is 8.98. The van der Waals surface area contributed by atoms with E-state index < -0.39 is 0 Å². The molecule has 0 aliphatic heterocycles. The number of hydrogen-bond donors (Lipinski definition) is 1. The number of nitrogens with one attached hydrogen (secondary N) is 2. The molecule has 118 valence electrons. The van der Waals surface area contributed by atoms with Crippen molar-refractivity contribution in [2.45, 2.75) is 83.6 Å². The maximum Gasteiger partial charge on any atom is 0.291 e. The fourth-order valence-corrected chi connectivity index (χ4v) is 4.08. The van der Waals surface area contributed by atoms with Crippen molar-refractivity contribution in [1.29, 1.82) is 5.26 Å². The normalized spacial score (nSPS) is 18.8. The molecule has 2 N–H and O–H groups in total. The van der Waals surface area contributed by atoms with Crippen molar-refractivity contribution in [3.8, 4) is 6.07 Å². The summed E-state index contributed by atoms with van der Waals surface area (Å²) in [6.45, 7) is 4.49. The molecule has 0 spiro atoms. The summed E-state index contributed by atoms with van der Waals surface area (Å²) in [4.78, 5) is 3.61. The van der Waals surface area contributed by atoms with Crippen LogP contribution in [-0.4, -0.2) is 6.04 Å². The molecule has 0 unspecified atom stereocenters. The third kappa shape index (κ3) is 2.97. The van der Waals surface area contributed by atoms with Gasteiger partial charge in [-0.2, -0.15) is 5.26 Å². The molecule has 3 rings (SSSR count). The van der Waals surface area contributed by atoms with Crippen LogP contribution in [0.2, 0.25) is 0 Å². The van der Waals surface area contributed by atoms with Crippen molar-refractivity contribution in [2.24, 2.45) is 0 Å². The number of fused-ring (bicyclic) bond motifs is 1. The lowest BCUT2D eigenvalue weighted by Gasteiger charge is -2.24. The molecule has 1 aromatic heterocycles. The van der Waals surface area contributed by atoms with E-state index in [1.54, 1.807) is 0 Å². The van der Waals surface area contributed by atoms with Crippen molar-refractivity contribution in [1.82, 2.24) is 0 Å². The number of aromatic amines is 1. The third-order valence-corrected chi connectivity index (χ3v) is 5.25. The maximum absolute atomic E-state index is 9.72. The van der Waals surface area contributed by atoms with Crippen molar-refractivity contribution in [2.75, 3.05) is 5.32 Å². The molecule has 2 aliphatic carbocycles. The molecule has 2 aliphatic rings. The quantitative estimate of drug-likeness (QED) is 0.912. The fraction of sp³-hybridized carbons (Fsp3) is 0.684. The Labute approximate surface area is 134 Å². The Morgan fingerprint density at radius 3 is 2.36 bits per heavy atom. The van der Waals surface area contributed by atoms with Crippen LogP contribution in [0.3, 0.4) is 0 Å².